The molecule has 0 spiro atoms. The molecule has 128 valence electrons. The van der Waals surface area contributed by atoms with Gasteiger partial charge in [0.15, 0.2) is 0 Å². The number of aryl methyl sites for hydroxylation is 1. The highest BCUT2D eigenvalue weighted by atomic mass is 32.2. The van der Waals surface area contributed by atoms with Crippen LogP contribution in [0, 0.1) is 6.92 Å². The molecule has 2 rings (SSSR count). The lowest BCUT2D eigenvalue weighted by Gasteiger charge is -2.24. The summed E-state index contributed by atoms with van der Waals surface area (Å²) in [7, 11) is 0. The lowest BCUT2D eigenvalue weighted by Crippen LogP contribution is -2.42. The van der Waals surface area contributed by atoms with Crippen molar-refractivity contribution < 1.29 is 19.1 Å². The highest BCUT2D eigenvalue weighted by Crippen LogP contribution is 2.31. The smallest absolute Gasteiger partial charge is 0.333 e. The summed E-state index contributed by atoms with van der Waals surface area (Å²) in [6.07, 6.45) is 1.26. The molecular formula is C17H20N2O4S. The summed E-state index contributed by atoms with van der Waals surface area (Å²) < 4.78 is 4.87. The Morgan fingerprint density at radius 3 is 2.88 bits per heavy atom. The number of carbonyl (C=O) groups is 3. The molecule has 6 nitrogen and oxygen atoms in total. The van der Waals surface area contributed by atoms with Crippen molar-refractivity contribution in [1.82, 2.24) is 4.90 Å². The highest BCUT2D eigenvalue weighted by molar-refractivity contribution is 8.04. The molecule has 1 aromatic rings. The molecule has 1 heterocycles. The molecule has 1 atom stereocenters. The van der Waals surface area contributed by atoms with Crippen LogP contribution in [0.1, 0.15) is 19.4 Å². The summed E-state index contributed by atoms with van der Waals surface area (Å²) in [5, 5.41) is 3.23. The number of thioether (sulfide) groups is 1. The van der Waals surface area contributed by atoms with Gasteiger partial charge in [0, 0.05) is 5.69 Å². The van der Waals surface area contributed by atoms with Crippen LogP contribution in [0.25, 0.3) is 0 Å². The maximum absolute atomic E-state index is 12.5. The van der Waals surface area contributed by atoms with Gasteiger partial charge in [0.25, 0.3) is 0 Å². The minimum atomic E-state index is -0.728. The number of carbonyl (C=O) groups excluding carboxylic acids is 3. The summed E-state index contributed by atoms with van der Waals surface area (Å²) in [4.78, 5) is 37.5. The van der Waals surface area contributed by atoms with Gasteiger partial charge in [-0.3, -0.25) is 14.5 Å². The molecule has 2 amide bonds. The van der Waals surface area contributed by atoms with Crippen LogP contribution in [0.5, 0.6) is 0 Å². The Kier molecular flexibility index (Phi) is 6.03. The number of nitrogens with one attached hydrogen (secondary N) is 1. The quantitative estimate of drug-likeness (QED) is 0.653. The van der Waals surface area contributed by atoms with Crippen molar-refractivity contribution in [3.63, 3.8) is 0 Å². The number of hydrogen-bond acceptors (Lipinski definition) is 5. The zero-order chi connectivity index (χ0) is 17.7. The number of amides is 2. The van der Waals surface area contributed by atoms with E-state index in [0.29, 0.717) is 10.7 Å². The van der Waals surface area contributed by atoms with E-state index in [1.807, 2.05) is 25.1 Å². The number of esters is 1. The van der Waals surface area contributed by atoms with E-state index in [9.17, 15) is 14.4 Å². The number of rotatable bonds is 5. The first-order valence-corrected chi connectivity index (χ1v) is 8.61. The molecule has 0 saturated carbocycles. The Bertz CT molecular complexity index is 687. The molecule has 1 N–H and O–H groups in total. The van der Waals surface area contributed by atoms with E-state index in [1.54, 1.807) is 19.9 Å². The fraction of sp³-hybridized carbons (Fsp3) is 0.353. The monoisotopic (exact) mass is 348 g/mol. The second kappa shape index (κ2) is 8.01. The average Bonchev–Trinajstić information content (AvgIpc) is 2.87. The minimum Gasteiger partial charge on any atom is -0.463 e. The van der Waals surface area contributed by atoms with Crippen molar-refractivity contribution in [2.45, 2.75) is 26.8 Å². The largest absolute Gasteiger partial charge is 0.463 e. The molecule has 1 aliphatic heterocycles. The first-order chi connectivity index (χ1) is 11.4. The van der Waals surface area contributed by atoms with E-state index < -0.39 is 12.0 Å². The molecule has 1 fully saturated rings. The number of anilines is 1. The van der Waals surface area contributed by atoms with Crippen LogP contribution in [0.4, 0.5) is 5.69 Å². The maximum Gasteiger partial charge on any atom is 0.333 e. The zero-order valence-corrected chi connectivity index (χ0v) is 14.7. The summed E-state index contributed by atoms with van der Waals surface area (Å²) >= 11 is 1.22. The zero-order valence-electron chi connectivity index (χ0n) is 13.9. The van der Waals surface area contributed by atoms with E-state index in [0.717, 1.165) is 5.56 Å². The van der Waals surface area contributed by atoms with Crippen LogP contribution in [-0.4, -0.2) is 41.1 Å². The fourth-order valence-electron chi connectivity index (χ4n) is 2.29. The molecular weight excluding hydrogens is 328 g/mol. The number of ether oxygens (including phenoxy) is 1. The summed E-state index contributed by atoms with van der Waals surface area (Å²) in [5.74, 6) is -0.840. The van der Waals surface area contributed by atoms with Gasteiger partial charge in [0.1, 0.15) is 6.04 Å². The Morgan fingerprint density at radius 2 is 2.21 bits per heavy atom. The van der Waals surface area contributed by atoms with Gasteiger partial charge in [0.05, 0.1) is 23.5 Å². The third kappa shape index (κ3) is 4.38. The van der Waals surface area contributed by atoms with Gasteiger partial charge in [-0.05, 0) is 38.5 Å². The predicted molar refractivity (Wildman–Crippen MR) is 93.3 cm³/mol. The number of hydrogen-bond donors (Lipinski definition) is 1. The van der Waals surface area contributed by atoms with Crippen molar-refractivity contribution in [2.75, 3.05) is 17.7 Å². The average molecular weight is 348 g/mol. The first kappa shape index (κ1) is 18.1. The molecule has 0 aliphatic carbocycles. The van der Waals surface area contributed by atoms with Crippen LogP contribution in [0.2, 0.25) is 0 Å². The van der Waals surface area contributed by atoms with Gasteiger partial charge in [-0.25, -0.2) is 4.79 Å². The van der Waals surface area contributed by atoms with E-state index in [1.165, 1.54) is 22.7 Å². The second-order valence-electron chi connectivity index (χ2n) is 5.32. The van der Waals surface area contributed by atoms with Crippen molar-refractivity contribution in [3.8, 4) is 0 Å². The molecule has 1 aliphatic rings. The Balaban J connectivity index is 2.13. The summed E-state index contributed by atoms with van der Waals surface area (Å²) in [6, 6.07) is 6.68. The van der Waals surface area contributed by atoms with Crippen molar-refractivity contribution in [3.05, 3.63) is 40.9 Å². The van der Waals surface area contributed by atoms with E-state index in [4.69, 9.17) is 4.74 Å². The molecule has 1 aromatic carbocycles. The van der Waals surface area contributed by atoms with Crippen LogP contribution < -0.4 is 5.32 Å². The minimum absolute atomic E-state index is 0.202. The van der Waals surface area contributed by atoms with Crippen LogP contribution in [0.15, 0.2) is 35.4 Å². The molecule has 0 aromatic heterocycles. The lowest BCUT2D eigenvalue weighted by molar-refractivity contribution is -0.137. The molecule has 0 unspecified atom stereocenters. The number of nitrogens with zero attached hydrogens (tertiary/aromatic N) is 1. The van der Waals surface area contributed by atoms with Gasteiger partial charge in [-0.15, -0.1) is 0 Å². The Hall–Kier alpha value is -2.28. The summed E-state index contributed by atoms with van der Waals surface area (Å²) in [6.45, 7) is 5.53. The third-order valence-electron chi connectivity index (χ3n) is 3.43. The first-order valence-electron chi connectivity index (χ1n) is 7.63. The SMILES string of the molecule is CCOC(=O)/C=C1\SCC(=O)N1[C@@H](C)C(=O)Nc1cccc(C)c1. The van der Waals surface area contributed by atoms with E-state index in [2.05, 4.69) is 5.32 Å². The highest BCUT2D eigenvalue weighted by Gasteiger charge is 2.34. The Labute approximate surface area is 145 Å². The molecule has 1 saturated heterocycles. The van der Waals surface area contributed by atoms with Gasteiger partial charge in [-0.1, -0.05) is 23.9 Å². The van der Waals surface area contributed by atoms with Gasteiger partial charge < -0.3 is 10.1 Å². The Morgan fingerprint density at radius 1 is 1.46 bits per heavy atom. The van der Waals surface area contributed by atoms with Crippen molar-refractivity contribution >= 4 is 35.2 Å². The van der Waals surface area contributed by atoms with Gasteiger partial charge >= 0.3 is 5.97 Å². The fourth-order valence-corrected chi connectivity index (χ4v) is 3.28. The standard InChI is InChI=1S/C17H20N2O4S/c1-4-23-16(21)9-15-19(14(20)10-24-15)12(3)17(22)18-13-7-5-6-11(2)8-13/h5-9,12H,4,10H2,1-3H3,(H,18,22)/b15-9-/t12-/m0/s1. The molecule has 0 bridgehead atoms. The van der Waals surface area contributed by atoms with Crippen LogP contribution in [-0.2, 0) is 19.1 Å². The van der Waals surface area contributed by atoms with Crippen molar-refractivity contribution in [1.29, 1.82) is 0 Å². The lowest BCUT2D eigenvalue weighted by atomic mass is 10.2. The van der Waals surface area contributed by atoms with Crippen molar-refractivity contribution in [2.24, 2.45) is 0 Å². The van der Waals surface area contributed by atoms with Crippen LogP contribution >= 0.6 is 11.8 Å². The molecule has 0 radical (unpaired) electrons. The molecule has 24 heavy (non-hydrogen) atoms. The van der Waals surface area contributed by atoms with Crippen LogP contribution in [0.3, 0.4) is 0 Å². The topological polar surface area (TPSA) is 75.7 Å². The second-order valence-corrected chi connectivity index (χ2v) is 6.32. The maximum atomic E-state index is 12.5. The predicted octanol–water partition coefficient (Wildman–Crippen LogP) is 2.30. The number of benzene rings is 1. The van der Waals surface area contributed by atoms with Gasteiger partial charge in [0.2, 0.25) is 11.8 Å². The molecule has 7 heteroatoms. The van der Waals surface area contributed by atoms with E-state index in [-0.39, 0.29) is 24.2 Å². The van der Waals surface area contributed by atoms with Gasteiger partial charge in [-0.2, -0.15) is 0 Å². The third-order valence-corrected chi connectivity index (χ3v) is 4.43. The summed E-state index contributed by atoms with van der Waals surface area (Å²) in [5.41, 5.74) is 1.69. The normalized spacial score (nSPS) is 17.0. The van der Waals surface area contributed by atoms with E-state index >= 15 is 0 Å².